The molecule has 3 aromatic rings. The minimum Gasteiger partial charge on any atom is -0.378 e. The molecule has 1 saturated heterocycles. The Morgan fingerprint density at radius 2 is 1.93 bits per heavy atom. The number of para-hydroxylation sites is 2. The molecule has 0 radical (unpaired) electrons. The van der Waals surface area contributed by atoms with E-state index >= 15 is 0 Å². The standard InChI is InChI=1S/C20H19ClN4O3/c21-15-5-3-7-17(19(15)24-8-10-28-11-9-24)23-18(26)12-25-13-22-16-6-2-1-4-14(16)20(25)27/h1-7,13H,8-12H2,(H,23,26). The molecule has 1 fully saturated rings. The van der Waals surface area contributed by atoms with E-state index in [9.17, 15) is 9.59 Å². The Bertz CT molecular complexity index is 1080. The summed E-state index contributed by atoms with van der Waals surface area (Å²) in [5, 5.41) is 3.92. The highest BCUT2D eigenvalue weighted by atomic mass is 35.5. The van der Waals surface area contributed by atoms with Crippen molar-refractivity contribution < 1.29 is 9.53 Å². The van der Waals surface area contributed by atoms with E-state index in [-0.39, 0.29) is 18.0 Å². The van der Waals surface area contributed by atoms with Gasteiger partial charge in [0.05, 0.1) is 46.8 Å². The van der Waals surface area contributed by atoms with Gasteiger partial charge in [0.2, 0.25) is 5.91 Å². The molecule has 1 N–H and O–H groups in total. The lowest BCUT2D eigenvalue weighted by Crippen LogP contribution is -2.37. The lowest BCUT2D eigenvalue weighted by atomic mass is 10.2. The van der Waals surface area contributed by atoms with Crippen LogP contribution in [0.3, 0.4) is 0 Å². The Morgan fingerprint density at radius 1 is 1.14 bits per heavy atom. The van der Waals surface area contributed by atoms with Crippen LogP contribution in [0, 0.1) is 0 Å². The first kappa shape index (κ1) is 18.5. The molecule has 4 rings (SSSR count). The van der Waals surface area contributed by atoms with E-state index in [0.717, 1.165) is 5.69 Å². The zero-order valence-corrected chi connectivity index (χ0v) is 15.9. The van der Waals surface area contributed by atoms with Gasteiger partial charge >= 0.3 is 0 Å². The molecule has 1 aliphatic rings. The smallest absolute Gasteiger partial charge is 0.261 e. The quantitative estimate of drug-likeness (QED) is 0.730. The zero-order chi connectivity index (χ0) is 19.5. The van der Waals surface area contributed by atoms with Crippen molar-refractivity contribution in [3.63, 3.8) is 0 Å². The SMILES string of the molecule is O=C(Cn1cnc2ccccc2c1=O)Nc1cccc(Cl)c1N1CCOCC1. The van der Waals surface area contributed by atoms with Crippen molar-refractivity contribution in [3.8, 4) is 0 Å². The number of aromatic nitrogens is 2. The summed E-state index contributed by atoms with van der Waals surface area (Å²) in [5.74, 6) is -0.323. The Labute approximate surface area is 166 Å². The maximum atomic E-state index is 12.6. The number of halogens is 1. The molecule has 0 unspecified atom stereocenters. The summed E-state index contributed by atoms with van der Waals surface area (Å²) in [5.41, 5.74) is 1.74. The molecular weight excluding hydrogens is 380 g/mol. The average molecular weight is 399 g/mol. The monoisotopic (exact) mass is 398 g/mol. The number of carbonyl (C=O) groups excluding carboxylic acids is 1. The highest BCUT2D eigenvalue weighted by Gasteiger charge is 2.19. The number of benzene rings is 2. The molecule has 0 atom stereocenters. The van der Waals surface area contributed by atoms with Gasteiger partial charge in [0, 0.05) is 13.1 Å². The first-order valence-electron chi connectivity index (χ1n) is 8.99. The van der Waals surface area contributed by atoms with Crippen molar-refractivity contribution in [1.29, 1.82) is 0 Å². The average Bonchev–Trinajstić information content (AvgIpc) is 2.71. The van der Waals surface area contributed by atoms with E-state index in [0.29, 0.717) is 47.9 Å². The molecule has 0 aliphatic carbocycles. The van der Waals surface area contributed by atoms with Gasteiger partial charge in [-0.3, -0.25) is 14.2 Å². The van der Waals surface area contributed by atoms with Gasteiger partial charge in [-0.1, -0.05) is 29.8 Å². The minimum absolute atomic E-state index is 0.133. The maximum Gasteiger partial charge on any atom is 0.261 e. The molecular formula is C20H19ClN4O3. The Balaban J connectivity index is 1.57. The van der Waals surface area contributed by atoms with Crippen LogP contribution in [0.4, 0.5) is 11.4 Å². The molecule has 8 heteroatoms. The minimum atomic E-state index is -0.323. The summed E-state index contributed by atoms with van der Waals surface area (Å²) in [6, 6.07) is 12.4. The van der Waals surface area contributed by atoms with E-state index in [2.05, 4.69) is 15.2 Å². The van der Waals surface area contributed by atoms with Crippen molar-refractivity contribution in [2.24, 2.45) is 0 Å². The first-order chi connectivity index (χ1) is 13.6. The van der Waals surface area contributed by atoms with Gasteiger partial charge < -0.3 is 15.0 Å². The van der Waals surface area contributed by atoms with Gasteiger partial charge in [0.15, 0.2) is 0 Å². The summed E-state index contributed by atoms with van der Waals surface area (Å²) in [4.78, 5) is 31.6. The fraction of sp³-hybridized carbons (Fsp3) is 0.250. The molecule has 1 amide bonds. The Kier molecular flexibility index (Phi) is 5.27. The van der Waals surface area contributed by atoms with Crippen LogP contribution in [-0.4, -0.2) is 41.8 Å². The second-order valence-corrected chi connectivity index (χ2v) is 6.89. The number of nitrogens with one attached hydrogen (secondary N) is 1. The predicted molar refractivity (Wildman–Crippen MR) is 109 cm³/mol. The number of hydrogen-bond acceptors (Lipinski definition) is 5. The van der Waals surface area contributed by atoms with Crippen LogP contribution in [0.25, 0.3) is 10.9 Å². The van der Waals surface area contributed by atoms with Crippen LogP contribution in [0.1, 0.15) is 0 Å². The van der Waals surface area contributed by atoms with E-state index in [4.69, 9.17) is 16.3 Å². The zero-order valence-electron chi connectivity index (χ0n) is 15.1. The van der Waals surface area contributed by atoms with Gasteiger partial charge in [0.1, 0.15) is 6.54 Å². The number of carbonyl (C=O) groups is 1. The van der Waals surface area contributed by atoms with Gasteiger partial charge in [-0.15, -0.1) is 0 Å². The van der Waals surface area contributed by atoms with Crippen LogP contribution in [0.2, 0.25) is 5.02 Å². The van der Waals surface area contributed by atoms with E-state index in [1.807, 2.05) is 6.07 Å². The van der Waals surface area contributed by atoms with Crippen molar-refractivity contribution in [3.05, 3.63) is 64.2 Å². The van der Waals surface area contributed by atoms with Crippen LogP contribution < -0.4 is 15.8 Å². The lowest BCUT2D eigenvalue weighted by molar-refractivity contribution is -0.116. The fourth-order valence-electron chi connectivity index (χ4n) is 3.29. The number of fused-ring (bicyclic) bond motifs is 1. The molecule has 0 spiro atoms. The van der Waals surface area contributed by atoms with Crippen molar-refractivity contribution in [1.82, 2.24) is 9.55 Å². The van der Waals surface area contributed by atoms with Crippen LogP contribution >= 0.6 is 11.6 Å². The molecule has 7 nitrogen and oxygen atoms in total. The van der Waals surface area contributed by atoms with Crippen molar-refractivity contribution in [2.45, 2.75) is 6.54 Å². The number of anilines is 2. The number of nitrogens with zero attached hydrogens (tertiary/aromatic N) is 3. The van der Waals surface area contributed by atoms with Crippen molar-refractivity contribution in [2.75, 3.05) is 36.5 Å². The van der Waals surface area contributed by atoms with Gasteiger partial charge in [-0.05, 0) is 24.3 Å². The van der Waals surface area contributed by atoms with Crippen molar-refractivity contribution >= 4 is 39.8 Å². The predicted octanol–water partition coefficient (Wildman–Crippen LogP) is 2.53. The Morgan fingerprint density at radius 3 is 2.75 bits per heavy atom. The summed E-state index contributed by atoms with van der Waals surface area (Å²) < 4.78 is 6.69. The number of hydrogen-bond donors (Lipinski definition) is 1. The lowest BCUT2D eigenvalue weighted by Gasteiger charge is -2.31. The second-order valence-electron chi connectivity index (χ2n) is 6.48. The highest BCUT2D eigenvalue weighted by Crippen LogP contribution is 2.34. The van der Waals surface area contributed by atoms with E-state index in [1.165, 1.54) is 10.9 Å². The number of rotatable bonds is 4. The summed E-state index contributed by atoms with van der Waals surface area (Å²) in [6.45, 7) is 2.47. The number of morpholine rings is 1. The third-order valence-corrected chi connectivity index (χ3v) is 4.94. The second kappa shape index (κ2) is 8.00. The van der Waals surface area contributed by atoms with Crippen LogP contribution in [0.5, 0.6) is 0 Å². The summed E-state index contributed by atoms with van der Waals surface area (Å²) >= 11 is 6.40. The molecule has 0 saturated carbocycles. The fourth-order valence-corrected chi connectivity index (χ4v) is 3.58. The number of ether oxygens (including phenoxy) is 1. The third-order valence-electron chi connectivity index (χ3n) is 4.63. The molecule has 2 heterocycles. The molecule has 144 valence electrons. The third kappa shape index (κ3) is 3.72. The summed E-state index contributed by atoms with van der Waals surface area (Å²) in [6.07, 6.45) is 1.39. The van der Waals surface area contributed by atoms with E-state index in [1.54, 1.807) is 36.4 Å². The number of amides is 1. The van der Waals surface area contributed by atoms with Gasteiger partial charge in [-0.25, -0.2) is 4.98 Å². The summed E-state index contributed by atoms with van der Waals surface area (Å²) in [7, 11) is 0. The molecule has 28 heavy (non-hydrogen) atoms. The topological polar surface area (TPSA) is 76.5 Å². The van der Waals surface area contributed by atoms with Gasteiger partial charge in [0.25, 0.3) is 5.56 Å². The van der Waals surface area contributed by atoms with Crippen LogP contribution in [-0.2, 0) is 16.1 Å². The molecule has 1 aliphatic heterocycles. The Hall–Kier alpha value is -2.90. The van der Waals surface area contributed by atoms with Gasteiger partial charge in [-0.2, -0.15) is 0 Å². The first-order valence-corrected chi connectivity index (χ1v) is 9.36. The van der Waals surface area contributed by atoms with Crippen LogP contribution in [0.15, 0.2) is 53.6 Å². The molecule has 0 bridgehead atoms. The maximum absolute atomic E-state index is 12.6. The van der Waals surface area contributed by atoms with E-state index < -0.39 is 0 Å². The largest absolute Gasteiger partial charge is 0.378 e. The highest BCUT2D eigenvalue weighted by molar-refractivity contribution is 6.34. The molecule has 1 aromatic heterocycles. The normalized spacial score (nSPS) is 14.2. The molecule has 2 aromatic carbocycles.